The largest absolute Gasteiger partial charge is 0.482 e. The molecule has 1 aromatic heterocycles. The third kappa shape index (κ3) is 4.49. The number of nitrogens with zero attached hydrogens (tertiary/aromatic N) is 1. The van der Waals surface area contributed by atoms with Crippen molar-refractivity contribution in [2.24, 2.45) is 0 Å². The van der Waals surface area contributed by atoms with Crippen LogP contribution in [0.1, 0.15) is 42.6 Å². The minimum Gasteiger partial charge on any atom is -0.482 e. The molecule has 0 spiro atoms. The van der Waals surface area contributed by atoms with Gasteiger partial charge >= 0.3 is 0 Å². The molecule has 0 amide bonds. The molecule has 2 aromatic carbocycles. The van der Waals surface area contributed by atoms with Gasteiger partial charge in [-0.2, -0.15) is 0 Å². The number of halogens is 2. The van der Waals surface area contributed by atoms with Crippen molar-refractivity contribution in [2.45, 2.75) is 44.1 Å². The molecule has 1 aliphatic rings. The Labute approximate surface area is 179 Å². The molecule has 0 unspecified atom stereocenters. The molecule has 0 radical (unpaired) electrons. The molecule has 29 heavy (non-hydrogen) atoms. The van der Waals surface area contributed by atoms with Crippen LogP contribution < -0.4 is 10.3 Å². The van der Waals surface area contributed by atoms with E-state index in [2.05, 4.69) is 9.97 Å². The van der Waals surface area contributed by atoms with Crippen LogP contribution in [0.5, 0.6) is 5.75 Å². The van der Waals surface area contributed by atoms with E-state index in [1.165, 1.54) is 6.20 Å². The summed E-state index contributed by atoms with van der Waals surface area (Å²) in [5.74, 6) is 0.860. The Bertz CT molecular complexity index is 1040. The van der Waals surface area contributed by atoms with Crippen LogP contribution in [0.3, 0.4) is 0 Å². The average molecular weight is 429 g/mol. The quantitative estimate of drug-likeness (QED) is 0.546. The summed E-state index contributed by atoms with van der Waals surface area (Å²) >= 11 is 12.8. The molecule has 1 saturated carbocycles. The smallest absolute Gasteiger partial charge is 0.293 e. The van der Waals surface area contributed by atoms with Crippen LogP contribution in [0.4, 0.5) is 0 Å². The van der Waals surface area contributed by atoms with E-state index >= 15 is 0 Å². The van der Waals surface area contributed by atoms with E-state index in [0.29, 0.717) is 28.9 Å². The first-order chi connectivity index (χ1) is 14.1. The lowest BCUT2D eigenvalue weighted by Gasteiger charge is -2.30. The average Bonchev–Trinajstić information content (AvgIpc) is 3.19. The lowest BCUT2D eigenvalue weighted by atomic mass is 9.76. The molecule has 1 fully saturated rings. The van der Waals surface area contributed by atoms with E-state index in [0.717, 1.165) is 36.8 Å². The number of benzene rings is 2. The molecule has 1 heterocycles. The summed E-state index contributed by atoms with van der Waals surface area (Å²) in [7, 11) is 0. The SMILES string of the molecule is O=c1[nH]c(CC2(c3cc(Cl)ccc3Cl)CCCC2)ncc1OCc1ccccc1. The second kappa shape index (κ2) is 8.60. The van der Waals surface area contributed by atoms with E-state index in [-0.39, 0.29) is 16.7 Å². The van der Waals surface area contributed by atoms with E-state index in [1.54, 1.807) is 6.07 Å². The first kappa shape index (κ1) is 20.0. The molecule has 0 aliphatic heterocycles. The zero-order chi connectivity index (χ0) is 20.3. The van der Waals surface area contributed by atoms with Crippen LogP contribution in [0.2, 0.25) is 10.0 Å². The van der Waals surface area contributed by atoms with Crippen molar-refractivity contribution < 1.29 is 4.74 Å². The molecular weight excluding hydrogens is 407 g/mol. The summed E-state index contributed by atoms with van der Waals surface area (Å²) in [6.45, 7) is 0.326. The third-order valence-corrected chi connectivity index (χ3v) is 6.19. The minimum atomic E-state index is -0.267. The number of rotatable bonds is 6. The predicted molar refractivity (Wildman–Crippen MR) is 116 cm³/mol. The predicted octanol–water partition coefficient (Wildman–Crippen LogP) is 5.71. The normalized spacial score (nSPS) is 15.4. The first-order valence-corrected chi connectivity index (χ1v) is 10.5. The highest BCUT2D eigenvalue weighted by Gasteiger charge is 2.38. The van der Waals surface area contributed by atoms with E-state index in [4.69, 9.17) is 27.9 Å². The second-order valence-corrected chi connectivity index (χ2v) is 8.43. The number of aromatic amines is 1. The zero-order valence-corrected chi connectivity index (χ0v) is 17.5. The molecule has 4 nitrogen and oxygen atoms in total. The van der Waals surface area contributed by atoms with Gasteiger partial charge in [-0.1, -0.05) is 66.4 Å². The lowest BCUT2D eigenvalue weighted by molar-refractivity contribution is 0.299. The summed E-state index contributed by atoms with van der Waals surface area (Å²) in [6.07, 6.45) is 6.34. The maximum atomic E-state index is 12.5. The monoisotopic (exact) mass is 428 g/mol. The number of aromatic nitrogens is 2. The molecule has 0 bridgehead atoms. The highest BCUT2D eigenvalue weighted by Crippen LogP contribution is 2.46. The van der Waals surface area contributed by atoms with Gasteiger partial charge in [0, 0.05) is 21.9 Å². The van der Waals surface area contributed by atoms with Gasteiger partial charge in [-0.25, -0.2) is 4.98 Å². The highest BCUT2D eigenvalue weighted by atomic mass is 35.5. The van der Waals surface area contributed by atoms with Crippen molar-refractivity contribution in [3.63, 3.8) is 0 Å². The maximum Gasteiger partial charge on any atom is 0.293 e. The Balaban J connectivity index is 1.55. The topological polar surface area (TPSA) is 55.0 Å². The number of nitrogens with one attached hydrogen (secondary N) is 1. The fourth-order valence-corrected chi connectivity index (χ4v) is 4.66. The summed E-state index contributed by atoms with van der Waals surface area (Å²) in [5, 5.41) is 1.38. The van der Waals surface area contributed by atoms with Crippen LogP contribution >= 0.6 is 23.2 Å². The summed E-state index contributed by atoms with van der Waals surface area (Å²) in [4.78, 5) is 19.9. The van der Waals surface area contributed by atoms with Crippen molar-refractivity contribution in [1.82, 2.24) is 9.97 Å². The van der Waals surface area contributed by atoms with Gasteiger partial charge in [-0.3, -0.25) is 4.79 Å². The van der Waals surface area contributed by atoms with Gasteiger partial charge < -0.3 is 9.72 Å². The molecule has 0 saturated heterocycles. The van der Waals surface area contributed by atoms with Crippen LogP contribution in [0.15, 0.2) is 59.5 Å². The summed E-state index contributed by atoms with van der Waals surface area (Å²) in [5.41, 5.74) is 1.61. The van der Waals surface area contributed by atoms with Gasteiger partial charge in [-0.05, 0) is 42.2 Å². The van der Waals surface area contributed by atoms with Crippen LogP contribution in [0, 0.1) is 0 Å². The van der Waals surface area contributed by atoms with Crippen molar-refractivity contribution >= 4 is 23.2 Å². The van der Waals surface area contributed by atoms with Crippen molar-refractivity contribution in [2.75, 3.05) is 0 Å². The lowest BCUT2D eigenvalue weighted by Crippen LogP contribution is -2.28. The van der Waals surface area contributed by atoms with Crippen LogP contribution in [-0.4, -0.2) is 9.97 Å². The molecule has 0 atom stereocenters. The maximum absolute atomic E-state index is 12.5. The fraction of sp³-hybridized carbons (Fsp3) is 0.304. The zero-order valence-electron chi connectivity index (χ0n) is 16.0. The molecule has 6 heteroatoms. The van der Waals surface area contributed by atoms with Gasteiger partial charge in [0.05, 0.1) is 6.20 Å². The van der Waals surface area contributed by atoms with Gasteiger partial charge in [0.25, 0.3) is 5.56 Å². The fourth-order valence-electron chi connectivity index (χ4n) is 4.17. The molecule has 150 valence electrons. The van der Waals surface area contributed by atoms with Crippen molar-refractivity contribution in [1.29, 1.82) is 0 Å². The van der Waals surface area contributed by atoms with Crippen molar-refractivity contribution in [3.8, 4) is 5.75 Å². The standard InChI is InChI=1S/C23H22Cl2N2O2/c24-17-8-9-19(25)18(12-17)23(10-4-5-11-23)13-21-26-14-20(22(28)27-21)29-15-16-6-2-1-3-7-16/h1-3,6-9,12,14H,4-5,10-11,13,15H2,(H,26,27,28). The molecule has 4 rings (SSSR count). The minimum absolute atomic E-state index is 0.162. The second-order valence-electron chi connectivity index (χ2n) is 7.59. The summed E-state index contributed by atoms with van der Waals surface area (Å²) in [6, 6.07) is 15.3. The molecule has 3 aromatic rings. The van der Waals surface area contributed by atoms with E-state index in [1.807, 2.05) is 42.5 Å². The van der Waals surface area contributed by atoms with Gasteiger partial charge in [0.15, 0.2) is 0 Å². The number of ether oxygens (including phenoxy) is 1. The van der Waals surface area contributed by atoms with Crippen molar-refractivity contribution in [3.05, 3.63) is 92.1 Å². The number of hydrogen-bond acceptors (Lipinski definition) is 3. The highest BCUT2D eigenvalue weighted by molar-refractivity contribution is 6.33. The van der Waals surface area contributed by atoms with Gasteiger partial charge in [0.2, 0.25) is 5.75 Å². The first-order valence-electron chi connectivity index (χ1n) is 9.76. The Morgan fingerprint density at radius 3 is 2.55 bits per heavy atom. The Morgan fingerprint density at radius 2 is 1.83 bits per heavy atom. The number of H-pyrrole nitrogens is 1. The van der Waals surface area contributed by atoms with Gasteiger partial charge in [0.1, 0.15) is 12.4 Å². The third-order valence-electron chi connectivity index (χ3n) is 5.62. The van der Waals surface area contributed by atoms with E-state index < -0.39 is 0 Å². The number of hydrogen-bond donors (Lipinski definition) is 1. The van der Waals surface area contributed by atoms with Crippen LogP contribution in [0.25, 0.3) is 0 Å². The Hall–Kier alpha value is -2.30. The summed E-state index contributed by atoms with van der Waals surface area (Å²) < 4.78 is 5.65. The molecule has 1 aliphatic carbocycles. The van der Waals surface area contributed by atoms with Gasteiger partial charge in [-0.15, -0.1) is 0 Å². The van der Waals surface area contributed by atoms with E-state index in [9.17, 15) is 4.79 Å². The Kier molecular flexibility index (Phi) is 5.93. The van der Waals surface area contributed by atoms with Crippen LogP contribution in [-0.2, 0) is 18.4 Å². The Morgan fingerprint density at radius 1 is 1.07 bits per heavy atom. The molecular formula is C23H22Cl2N2O2. The molecule has 1 N–H and O–H groups in total.